The Kier molecular flexibility index (Phi) is 9.65. The number of ether oxygens (including phenoxy) is 3. The monoisotopic (exact) mass is 592 g/mol. The number of amides is 3. The van der Waals surface area contributed by atoms with Crippen molar-refractivity contribution in [1.29, 1.82) is 0 Å². The number of fused-ring (bicyclic) bond motifs is 5. The number of sulfonamides is 1. The van der Waals surface area contributed by atoms with E-state index in [1.807, 2.05) is 0 Å². The summed E-state index contributed by atoms with van der Waals surface area (Å²) in [6.45, 7) is -0.470. The quantitative estimate of drug-likeness (QED) is 0.464. The Balaban J connectivity index is 1.59. The standard InChI is InChI=1S/C27H33FN4O8S/c1-38-23-5-3-17-4-6-25(33)29-13-18-9-19(28)12-20(10-18)40-22-7-8-32(27(35)14-30-41(2,36)37)15-21(22)31-26(34)16-39-24(23)11-17/h3,5,9-12,21-22,30H,4,6-8,13-16H2,1-2H3,(H,29,33)(H,31,34)/t21-,22-/m1/s1. The molecule has 2 aliphatic heterocycles. The smallest absolute Gasteiger partial charge is 0.258 e. The van der Waals surface area contributed by atoms with Gasteiger partial charge in [-0.2, -0.15) is 0 Å². The van der Waals surface area contributed by atoms with E-state index in [1.165, 1.54) is 24.1 Å². The van der Waals surface area contributed by atoms with Gasteiger partial charge in [0.05, 0.1) is 26.0 Å². The molecule has 3 amide bonds. The molecule has 14 heteroatoms. The van der Waals surface area contributed by atoms with E-state index < -0.39 is 46.3 Å². The van der Waals surface area contributed by atoms with E-state index >= 15 is 0 Å². The molecule has 0 aromatic heterocycles. The second-order valence-corrected chi connectivity index (χ2v) is 11.7. The number of nitrogens with one attached hydrogen (secondary N) is 3. The number of benzene rings is 2. The highest BCUT2D eigenvalue weighted by atomic mass is 32.2. The normalized spacial score (nSPS) is 20.2. The Bertz CT molecular complexity index is 1400. The average molecular weight is 593 g/mol. The first-order valence-electron chi connectivity index (χ1n) is 13.0. The molecule has 2 aromatic carbocycles. The van der Waals surface area contributed by atoms with Gasteiger partial charge in [-0.15, -0.1) is 0 Å². The molecule has 2 heterocycles. The van der Waals surface area contributed by atoms with Gasteiger partial charge in [-0.25, -0.2) is 17.5 Å². The molecular weight excluding hydrogens is 559 g/mol. The number of likely N-dealkylation sites (tertiary alicyclic amines) is 1. The molecule has 1 saturated heterocycles. The van der Waals surface area contributed by atoms with Gasteiger partial charge in [0.15, 0.2) is 18.1 Å². The summed E-state index contributed by atoms with van der Waals surface area (Å²) in [5.41, 5.74) is 1.29. The highest BCUT2D eigenvalue weighted by molar-refractivity contribution is 7.88. The third-order valence-electron chi connectivity index (χ3n) is 6.67. The molecule has 4 rings (SSSR count). The Morgan fingerprint density at radius 3 is 2.71 bits per heavy atom. The Labute approximate surface area is 237 Å². The summed E-state index contributed by atoms with van der Waals surface area (Å²) in [6, 6.07) is 8.57. The van der Waals surface area contributed by atoms with Crippen LogP contribution in [-0.2, 0) is 37.4 Å². The molecule has 4 bridgehead atoms. The molecule has 0 aliphatic carbocycles. The molecule has 0 saturated carbocycles. The number of aryl methyl sites for hydroxylation is 1. The molecule has 2 aliphatic rings. The fourth-order valence-electron chi connectivity index (χ4n) is 4.64. The largest absolute Gasteiger partial charge is 0.493 e. The van der Waals surface area contributed by atoms with Crippen molar-refractivity contribution in [3.63, 3.8) is 0 Å². The summed E-state index contributed by atoms with van der Waals surface area (Å²) >= 11 is 0. The molecule has 2 atom stereocenters. The van der Waals surface area contributed by atoms with Crippen LogP contribution in [0.5, 0.6) is 17.2 Å². The zero-order valence-corrected chi connectivity index (χ0v) is 23.6. The summed E-state index contributed by atoms with van der Waals surface area (Å²) in [5, 5.41) is 5.63. The van der Waals surface area contributed by atoms with Crippen LogP contribution in [0.15, 0.2) is 36.4 Å². The molecular formula is C27H33FN4O8S. The lowest BCUT2D eigenvalue weighted by Gasteiger charge is -2.39. The Hall–Kier alpha value is -3.91. The fourth-order valence-corrected chi connectivity index (χ4v) is 5.02. The van der Waals surface area contributed by atoms with E-state index in [0.717, 1.165) is 11.8 Å². The minimum atomic E-state index is -3.58. The number of nitrogens with zero attached hydrogens (tertiary/aromatic N) is 1. The van der Waals surface area contributed by atoms with Crippen molar-refractivity contribution in [1.82, 2.24) is 20.3 Å². The average Bonchev–Trinajstić information content (AvgIpc) is 2.92. The van der Waals surface area contributed by atoms with Crippen molar-refractivity contribution >= 4 is 27.7 Å². The van der Waals surface area contributed by atoms with E-state index in [4.69, 9.17) is 14.2 Å². The van der Waals surface area contributed by atoms with Gasteiger partial charge in [-0.3, -0.25) is 14.4 Å². The van der Waals surface area contributed by atoms with Gasteiger partial charge in [0, 0.05) is 38.5 Å². The first-order valence-corrected chi connectivity index (χ1v) is 14.9. The first kappa shape index (κ1) is 30.1. The van der Waals surface area contributed by atoms with E-state index in [0.29, 0.717) is 23.5 Å². The number of hydrogen-bond donors (Lipinski definition) is 3. The van der Waals surface area contributed by atoms with Crippen LogP contribution in [0, 0.1) is 5.82 Å². The molecule has 0 radical (unpaired) electrons. The lowest BCUT2D eigenvalue weighted by molar-refractivity contribution is -0.134. The molecule has 3 N–H and O–H groups in total. The minimum absolute atomic E-state index is 0.0255. The molecule has 0 unspecified atom stereocenters. The topological polar surface area (TPSA) is 152 Å². The third-order valence-corrected chi connectivity index (χ3v) is 7.34. The lowest BCUT2D eigenvalue weighted by Crippen LogP contribution is -2.59. The van der Waals surface area contributed by atoms with Crippen LogP contribution in [0.2, 0.25) is 0 Å². The van der Waals surface area contributed by atoms with Crippen LogP contribution in [0.1, 0.15) is 24.0 Å². The van der Waals surface area contributed by atoms with Crippen LogP contribution in [0.3, 0.4) is 0 Å². The predicted octanol–water partition coefficient (Wildman–Crippen LogP) is 0.489. The number of carbonyl (C=O) groups is 3. The second-order valence-electron chi connectivity index (χ2n) is 9.90. The molecule has 222 valence electrons. The van der Waals surface area contributed by atoms with Crippen molar-refractivity contribution < 1.29 is 41.4 Å². The molecule has 41 heavy (non-hydrogen) atoms. The van der Waals surface area contributed by atoms with Gasteiger partial charge in [-0.05, 0) is 41.8 Å². The highest BCUT2D eigenvalue weighted by Crippen LogP contribution is 2.29. The number of piperidine rings is 1. The van der Waals surface area contributed by atoms with Crippen molar-refractivity contribution in [3.8, 4) is 17.2 Å². The van der Waals surface area contributed by atoms with Crippen LogP contribution in [0.25, 0.3) is 0 Å². The van der Waals surface area contributed by atoms with Gasteiger partial charge in [0.25, 0.3) is 5.91 Å². The maximum atomic E-state index is 14.5. The highest BCUT2D eigenvalue weighted by Gasteiger charge is 2.34. The number of hydrogen-bond acceptors (Lipinski definition) is 8. The van der Waals surface area contributed by atoms with Gasteiger partial charge >= 0.3 is 0 Å². The number of halogens is 1. The van der Waals surface area contributed by atoms with Crippen molar-refractivity contribution in [2.45, 2.75) is 38.0 Å². The molecule has 12 nitrogen and oxygen atoms in total. The summed E-state index contributed by atoms with van der Waals surface area (Å²) < 4.78 is 56.7. The Morgan fingerprint density at radius 1 is 1.15 bits per heavy atom. The zero-order chi connectivity index (χ0) is 29.6. The number of methoxy groups -OCH3 is 1. The second kappa shape index (κ2) is 13.2. The zero-order valence-electron chi connectivity index (χ0n) is 22.8. The molecule has 2 aromatic rings. The van der Waals surface area contributed by atoms with Crippen LogP contribution in [-0.4, -0.2) is 82.8 Å². The van der Waals surface area contributed by atoms with Crippen molar-refractivity contribution in [3.05, 3.63) is 53.3 Å². The molecule has 1 fully saturated rings. The maximum Gasteiger partial charge on any atom is 0.258 e. The fraction of sp³-hybridized carbons (Fsp3) is 0.444. The summed E-state index contributed by atoms with van der Waals surface area (Å²) in [7, 11) is -2.11. The van der Waals surface area contributed by atoms with Gasteiger partial charge < -0.3 is 29.7 Å². The van der Waals surface area contributed by atoms with Crippen molar-refractivity contribution in [2.75, 3.05) is 39.6 Å². The van der Waals surface area contributed by atoms with Crippen LogP contribution < -0.4 is 29.6 Å². The number of carbonyl (C=O) groups excluding carboxylic acids is 3. The SMILES string of the molecule is COc1ccc2cc1OCC(=O)N[C@@H]1CN(C(=O)CNS(C)(=O)=O)CC[C@H]1Oc1cc(F)cc(c1)CNC(=O)CC2. The van der Waals surface area contributed by atoms with Gasteiger partial charge in [0.2, 0.25) is 21.8 Å². The maximum absolute atomic E-state index is 14.5. The number of rotatable bonds is 4. The van der Waals surface area contributed by atoms with Crippen molar-refractivity contribution in [2.24, 2.45) is 0 Å². The van der Waals surface area contributed by atoms with E-state index in [2.05, 4.69) is 15.4 Å². The van der Waals surface area contributed by atoms with Gasteiger partial charge in [-0.1, -0.05) is 6.07 Å². The Morgan fingerprint density at radius 2 is 1.95 bits per heavy atom. The third kappa shape index (κ3) is 8.79. The van der Waals surface area contributed by atoms with E-state index in [1.54, 1.807) is 24.3 Å². The first-order chi connectivity index (χ1) is 19.5. The van der Waals surface area contributed by atoms with Crippen LogP contribution in [0.4, 0.5) is 4.39 Å². The summed E-state index contributed by atoms with van der Waals surface area (Å²) in [4.78, 5) is 39.6. The van der Waals surface area contributed by atoms with E-state index in [-0.39, 0.29) is 50.7 Å². The minimum Gasteiger partial charge on any atom is -0.493 e. The molecule has 0 spiro atoms. The van der Waals surface area contributed by atoms with E-state index in [9.17, 15) is 27.2 Å². The summed E-state index contributed by atoms with van der Waals surface area (Å²) in [5.74, 6) is -0.807. The summed E-state index contributed by atoms with van der Waals surface area (Å²) in [6.07, 6.45) is 1.16. The predicted molar refractivity (Wildman–Crippen MR) is 145 cm³/mol. The van der Waals surface area contributed by atoms with Crippen LogP contribution >= 0.6 is 0 Å². The lowest BCUT2D eigenvalue weighted by atomic mass is 10.0. The van der Waals surface area contributed by atoms with Gasteiger partial charge in [0.1, 0.15) is 17.7 Å².